The number of halogens is 1. The van der Waals surface area contributed by atoms with Crippen LogP contribution in [0.15, 0.2) is 36.0 Å². The first-order chi connectivity index (χ1) is 8.66. The van der Waals surface area contributed by atoms with Crippen LogP contribution in [-0.4, -0.2) is 24.3 Å². The summed E-state index contributed by atoms with van der Waals surface area (Å²) in [6, 6.07) is 5.86. The van der Waals surface area contributed by atoms with E-state index in [1.807, 2.05) is 7.05 Å². The Morgan fingerprint density at radius 3 is 2.94 bits per heavy atom. The summed E-state index contributed by atoms with van der Waals surface area (Å²) >= 11 is 0. The van der Waals surface area contributed by atoms with E-state index in [0.717, 1.165) is 25.1 Å². The second kappa shape index (κ2) is 5.80. The van der Waals surface area contributed by atoms with Crippen molar-refractivity contribution in [3.05, 3.63) is 47.4 Å². The molecule has 1 aliphatic rings. The zero-order valence-corrected chi connectivity index (χ0v) is 10.7. The number of ketones is 1. The van der Waals surface area contributed by atoms with Gasteiger partial charge in [0.25, 0.3) is 0 Å². The molecule has 1 aromatic rings. The lowest BCUT2D eigenvalue weighted by Gasteiger charge is -2.19. The molecule has 1 aromatic carbocycles. The van der Waals surface area contributed by atoms with Crippen molar-refractivity contribution < 1.29 is 9.18 Å². The minimum atomic E-state index is -0.367. The van der Waals surface area contributed by atoms with Gasteiger partial charge in [-0.05, 0) is 31.4 Å². The maximum absolute atomic E-state index is 13.1. The van der Waals surface area contributed by atoms with Gasteiger partial charge in [0, 0.05) is 30.9 Å². The zero-order valence-electron chi connectivity index (χ0n) is 10.7. The summed E-state index contributed by atoms with van der Waals surface area (Å²) in [5, 5.41) is 0. The van der Waals surface area contributed by atoms with Crippen LogP contribution in [0.1, 0.15) is 36.0 Å². The van der Waals surface area contributed by atoms with Crippen LogP contribution in [0.25, 0.3) is 0 Å². The molecule has 3 heteroatoms. The lowest BCUT2D eigenvalue weighted by atomic mass is 10.1. The minimum Gasteiger partial charge on any atom is -0.378 e. The SMILES string of the molecule is CN1CCCCCC1=CC(=O)c1cccc(F)c1. The third kappa shape index (κ3) is 3.19. The van der Waals surface area contributed by atoms with Crippen LogP contribution in [0.4, 0.5) is 4.39 Å². The number of benzene rings is 1. The second-order valence-corrected chi connectivity index (χ2v) is 4.74. The molecule has 0 aliphatic carbocycles. The molecule has 0 atom stereocenters. The van der Waals surface area contributed by atoms with Gasteiger partial charge in [0.15, 0.2) is 5.78 Å². The highest BCUT2D eigenvalue weighted by atomic mass is 19.1. The smallest absolute Gasteiger partial charge is 0.187 e. The molecule has 2 rings (SSSR count). The minimum absolute atomic E-state index is 0.113. The number of hydrogen-bond donors (Lipinski definition) is 0. The average molecular weight is 247 g/mol. The van der Waals surface area contributed by atoms with Crippen LogP contribution in [-0.2, 0) is 0 Å². The summed E-state index contributed by atoms with van der Waals surface area (Å²) in [4.78, 5) is 14.2. The van der Waals surface area contributed by atoms with Crippen LogP contribution in [0.5, 0.6) is 0 Å². The Labute approximate surface area is 107 Å². The Bertz CT molecular complexity index is 467. The molecule has 2 nitrogen and oxygen atoms in total. The molecular formula is C15H18FNO. The molecule has 18 heavy (non-hydrogen) atoms. The van der Waals surface area contributed by atoms with E-state index in [-0.39, 0.29) is 11.6 Å². The number of likely N-dealkylation sites (tertiary alicyclic amines) is 1. The van der Waals surface area contributed by atoms with Crippen molar-refractivity contribution in [2.75, 3.05) is 13.6 Å². The summed E-state index contributed by atoms with van der Waals surface area (Å²) < 4.78 is 13.1. The van der Waals surface area contributed by atoms with Gasteiger partial charge in [0.1, 0.15) is 5.82 Å². The maximum Gasteiger partial charge on any atom is 0.187 e. The van der Waals surface area contributed by atoms with Crippen molar-refractivity contribution >= 4 is 5.78 Å². The van der Waals surface area contributed by atoms with Gasteiger partial charge in [0.05, 0.1) is 0 Å². The fourth-order valence-electron chi connectivity index (χ4n) is 2.23. The third-order valence-corrected chi connectivity index (χ3v) is 3.32. The number of rotatable bonds is 2. The molecule has 0 saturated carbocycles. The lowest BCUT2D eigenvalue weighted by molar-refractivity contribution is 0.104. The predicted octanol–water partition coefficient (Wildman–Crippen LogP) is 3.40. The van der Waals surface area contributed by atoms with Gasteiger partial charge >= 0.3 is 0 Å². The Balaban J connectivity index is 2.18. The lowest BCUT2D eigenvalue weighted by Crippen LogP contribution is -2.18. The first-order valence-electron chi connectivity index (χ1n) is 6.38. The largest absolute Gasteiger partial charge is 0.378 e. The predicted molar refractivity (Wildman–Crippen MR) is 69.9 cm³/mol. The first kappa shape index (κ1) is 12.8. The van der Waals surface area contributed by atoms with Gasteiger partial charge in [-0.3, -0.25) is 4.79 Å². The Hall–Kier alpha value is -1.64. The third-order valence-electron chi connectivity index (χ3n) is 3.32. The van der Waals surface area contributed by atoms with Crippen LogP contribution in [0.3, 0.4) is 0 Å². The normalized spacial score (nSPS) is 18.8. The highest BCUT2D eigenvalue weighted by molar-refractivity contribution is 6.04. The zero-order chi connectivity index (χ0) is 13.0. The number of nitrogens with zero attached hydrogens (tertiary/aromatic N) is 1. The van der Waals surface area contributed by atoms with E-state index in [0.29, 0.717) is 5.56 Å². The first-order valence-corrected chi connectivity index (χ1v) is 6.38. The Morgan fingerprint density at radius 2 is 2.17 bits per heavy atom. The van der Waals surface area contributed by atoms with E-state index in [4.69, 9.17) is 0 Å². The Morgan fingerprint density at radius 1 is 1.33 bits per heavy atom. The number of carbonyl (C=O) groups is 1. The monoisotopic (exact) mass is 247 g/mol. The van der Waals surface area contributed by atoms with E-state index >= 15 is 0 Å². The van der Waals surface area contributed by atoms with Crippen molar-refractivity contribution in [1.82, 2.24) is 4.90 Å². The molecular weight excluding hydrogens is 229 g/mol. The van der Waals surface area contributed by atoms with E-state index < -0.39 is 0 Å². The van der Waals surface area contributed by atoms with Gasteiger partial charge in [-0.1, -0.05) is 18.6 Å². The summed E-state index contributed by atoms with van der Waals surface area (Å²) in [6.07, 6.45) is 6.07. The van der Waals surface area contributed by atoms with Crippen molar-refractivity contribution in [2.24, 2.45) is 0 Å². The van der Waals surface area contributed by atoms with E-state index in [2.05, 4.69) is 4.90 Å². The van der Waals surface area contributed by atoms with Crippen molar-refractivity contribution in [3.8, 4) is 0 Å². The maximum atomic E-state index is 13.1. The summed E-state index contributed by atoms with van der Waals surface area (Å²) in [6.45, 7) is 0.988. The van der Waals surface area contributed by atoms with E-state index in [9.17, 15) is 9.18 Å². The molecule has 1 saturated heterocycles. The molecule has 1 heterocycles. The molecule has 0 bridgehead atoms. The van der Waals surface area contributed by atoms with Gasteiger partial charge in [0.2, 0.25) is 0 Å². The molecule has 96 valence electrons. The number of allylic oxidation sites excluding steroid dienone is 2. The van der Waals surface area contributed by atoms with Crippen LogP contribution in [0.2, 0.25) is 0 Å². The highest BCUT2D eigenvalue weighted by Gasteiger charge is 2.12. The molecule has 1 aliphatic heterocycles. The van der Waals surface area contributed by atoms with Gasteiger partial charge in [-0.25, -0.2) is 4.39 Å². The van der Waals surface area contributed by atoms with E-state index in [1.165, 1.54) is 25.0 Å². The number of carbonyl (C=O) groups excluding carboxylic acids is 1. The molecule has 0 unspecified atom stereocenters. The van der Waals surface area contributed by atoms with Crippen molar-refractivity contribution in [2.45, 2.75) is 25.7 Å². The van der Waals surface area contributed by atoms with Gasteiger partial charge < -0.3 is 4.90 Å². The molecule has 0 amide bonds. The topological polar surface area (TPSA) is 20.3 Å². The fraction of sp³-hybridized carbons (Fsp3) is 0.400. The molecule has 0 aromatic heterocycles. The fourth-order valence-corrected chi connectivity index (χ4v) is 2.23. The van der Waals surface area contributed by atoms with Crippen LogP contribution in [0, 0.1) is 5.82 Å². The summed E-state index contributed by atoms with van der Waals surface area (Å²) in [5.74, 6) is -0.480. The molecule has 0 spiro atoms. The summed E-state index contributed by atoms with van der Waals surface area (Å²) in [5.41, 5.74) is 1.47. The van der Waals surface area contributed by atoms with Gasteiger partial charge in [-0.15, -0.1) is 0 Å². The standard InChI is InChI=1S/C15H18FNO/c1-17-9-4-2-3-8-14(17)11-15(18)12-6-5-7-13(16)10-12/h5-7,10-11H,2-4,8-9H2,1H3. The Kier molecular flexibility index (Phi) is 4.13. The van der Waals surface area contributed by atoms with Crippen LogP contribution >= 0.6 is 0 Å². The van der Waals surface area contributed by atoms with Crippen molar-refractivity contribution in [1.29, 1.82) is 0 Å². The number of hydrogen-bond acceptors (Lipinski definition) is 2. The highest BCUT2D eigenvalue weighted by Crippen LogP contribution is 2.19. The molecule has 0 radical (unpaired) electrons. The van der Waals surface area contributed by atoms with Crippen molar-refractivity contribution in [3.63, 3.8) is 0 Å². The van der Waals surface area contributed by atoms with E-state index in [1.54, 1.807) is 18.2 Å². The van der Waals surface area contributed by atoms with Crippen LogP contribution < -0.4 is 0 Å². The quantitative estimate of drug-likeness (QED) is 0.589. The second-order valence-electron chi connectivity index (χ2n) is 4.74. The average Bonchev–Trinajstić information content (AvgIpc) is 2.55. The summed E-state index contributed by atoms with van der Waals surface area (Å²) in [7, 11) is 2.01. The van der Waals surface area contributed by atoms with Gasteiger partial charge in [-0.2, -0.15) is 0 Å². The molecule has 0 N–H and O–H groups in total. The molecule has 1 fully saturated rings.